The number of benzene rings is 1. The van der Waals surface area contributed by atoms with Gasteiger partial charge in [0.2, 0.25) is 0 Å². The van der Waals surface area contributed by atoms with E-state index in [1.807, 2.05) is 0 Å². The quantitative estimate of drug-likeness (QED) is 0.644. The van der Waals surface area contributed by atoms with Crippen LogP contribution in [0.5, 0.6) is 11.5 Å². The van der Waals surface area contributed by atoms with Gasteiger partial charge in [-0.25, -0.2) is 4.39 Å². The monoisotopic (exact) mass is 205 g/mol. The van der Waals surface area contributed by atoms with Crippen molar-refractivity contribution in [1.82, 2.24) is 0 Å². The summed E-state index contributed by atoms with van der Waals surface area (Å²) in [5.41, 5.74) is 5.17. The molecule has 0 amide bonds. The maximum Gasteiger partial charge on any atom is 0.158 e. The van der Waals surface area contributed by atoms with Crippen LogP contribution in [0.3, 0.4) is 0 Å². The molecule has 4 N–H and O–H groups in total. The molecule has 0 radical (unpaired) electrons. The summed E-state index contributed by atoms with van der Waals surface area (Å²) in [5, 5.41) is 18.1. The van der Waals surface area contributed by atoms with Crippen LogP contribution in [0.15, 0.2) is 12.1 Å². The van der Waals surface area contributed by atoms with Gasteiger partial charge in [0, 0.05) is 18.2 Å². The minimum Gasteiger partial charge on any atom is -0.504 e. The van der Waals surface area contributed by atoms with E-state index in [4.69, 9.17) is 27.5 Å². The number of alkyl halides is 1. The number of phenolic OH excluding ortho intramolecular Hbond substituents is 2. The normalized spacial score (nSPS) is 12.8. The SMILES string of the molecule is NCC(F)c1cc(O)c(O)cc1Cl. The topological polar surface area (TPSA) is 66.5 Å². The average Bonchev–Trinajstić information content (AvgIpc) is 2.10. The van der Waals surface area contributed by atoms with Crippen molar-refractivity contribution < 1.29 is 14.6 Å². The lowest BCUT2D eigenvalue weighted by atomic mass is 10.1. The molecular weight excluding hydrogens is 197 g/mol. The molecule has 13 heavy (non-hydrogen) atoms. The third-order valence-corrected chi connectivity index (χ3v) is 1.97. The van der Waals surface area contributed by atoms with Crippen molar-refractivity contribution in [3.8, 4) is 11.5 Å². The molecule has 1 atom stereocenters. The minimum atomic E-state index is -1.43. The summed E-state index contributed by atoms with van der Waals surface area (Å²) in [7, 11) is 0. The fraction of sp³-hybridized carbons (Fsp3) is 0.250. The lowest BCUT2D eigenvalue weighted by Gasteiger charge is -2.09. The molecule has 72 valence electrons. The molecule has 0 aliphatic rings. The molecule has 0 saturated carbocycles. The van der Waals surface area contributed by atoms with Gasteiger partial charge in [-0.05, 0) is 6.07 Å². The third-order valence-electron chi connectivity index (χ3n) is 1.64. The molecule has 0 heterocycles. The van der Waals surface area contributed by atoms with E-state index in [1.54, 1.807) is 0 Å². The summed E-state index contributed by atoms with van der Waals surface area (Å²) < 4.78 is 13.0. The van der Waals surface area contributed by atoms with Gasteiger partial charge < -0.3 is 15.9 Å². The zero-order valence-electron chi connectivity index (χ0n) is 6.67. The fourth-order valence-corrected chi connectivity index (χ4v) is 1.21. The maximum atomic E-state index is 13.0. The van der Waals surface area contributed by atoms with Gasteiger partial charge in [0.1, 0.15) is 6.17 Å². The van der Waals surface area contributed by atoms with Crippen molar-refractivity contribution >= 4 is 11.6 Å². The lowest BCUT2D eigenvalue weighted by molar-refractivity contribution is 0.349. The molecule has 1 aromatic rings. The molecule has 1 aromatic carbocycles. The van der Waals surface area contributed by atoms with Gasteiger partial charge in [0.25, 0.3) is 0 Å². The van der Waals surface area contributed by atoms with Crippen molar-refractivity contribution in [2.24, 2.45) is 5.73 Å². The Labute approximate surface area is 79.6 Å². The summed E-state index contributed by atoms with van der Waals surface area (Å²) in [6.07, 6.45) is -1.43. The van der Waals surface area contributed by atoms with Gasteiger partial charge in [-0.1, -0.05) is 11.6 Å². The van der Waals surface area contributed by atoms with Crippen LogP contribution in [0, 0.1) is 0 Å². The molecule has 1 rings (SSSR count). The van der Waals surface area contributed by atoms with Crippen LogP contribution >= 0.6 is 11.6 Å². The highest BCUT2D eigenvalue weighted by molar-refractivity contribution is 6.31. The van der Waals surface area contributed by atoms with E-state index in [0.717, 1.165) is 12.1 Å². The predicted octanol–water partition coefficient (Wildman–Crippen LogP) is 1.72. The van der Waals surface area contributed by atoms with Gasteiger partial charge in [-0.15, -0.1) is 0 Å². The number of nitrogens with two attached hydrogens (primary N) is 1. The summed E-state index contributed by atoms with van der Waals surface area (Å²) >= 11 is 5.61. The van der Waals surface area contributed by atoms with E-state index in [2.05, 4.69) is 0 Å². The molecule has 0 fully saturated rings. The van der Waals surface area contributed by atoms with Gasteiger partial charge in [-0.2, -0.15) is 0 Å². The first kappa shape index (κ1) is 10.1. The number of aromatic hydroxyl groups is 2. The summed E-state index contributed by atoms with van der Waals surface area (Å²) in [4.78, 5) is 0. The van der Waals surface area contributed by atoms with Crippen molar-refractivity contribution in [3.63, 3.8) is 0 Å². The second kappa shape index (κ2) is 3.81. The highest BCUT2D eigenvalue weighted by Crippen LogP contribution is 2.35. The molecule has 0 bridgehead atoms. The lowest BCUT2D eigenvalue weighted by Crippen LogP contribution is -2.07. The van der Waals surface area contributed by atoms with Crippen LogP contribution in [0.25, 0.3) is 0 Å². The Hall–Kier alpha value is -1.00. The van der Waals surface area contributed by atoms with Crippen LogP contribution < -0.4 is 5.73 Å². The first-order valence-corrected chi connectivity index (χ1v) is 3.99. The van der Waals surface area contributed by atoms with E-state index in [9.17, 15) is 4.39 Å². The van der Waals surface area contributed by atoms with Crippen LogP contribution in [-0.4, -0.2) is 16.8 Å². The molecule has 3 nitrogen and oxygen atoms in total. The number of halogens is 2. The first-order chi connectivity index (χ1) is 6.06. The highest BCUT2D eigenvalue weighted by atomic mass is 35.5. The molecular formula is C8H9ClFNO2. The smallest absolute Gasteiger partial charge is 0.158 e. The Morgan fingerprint density at radius 2 is 1.92 bits per heavy atom. The van der Waals surface area contributed by atoms with Crippen molar-refractivity contribution in [2.45, 2.75) is 6.17 Å². The van der Waals surface area contributed by atoms with Gasteiger partial charge in [-0.3, -0.25) is 0 Å². The Morgan fingerprint density at radius 3 is 2.46 bits per heavy atom. The number of hydrogen-bond acceptors (Lipinski definition) is 3. The molecule has 0 saturated heterocycles. The summed E-state index contributed by atoms with van der Waals surface area (Å²) in [6.45, 7) is -0.218. The number of hydrogen-bond donors (Lipinski definition) is 3. The third kappa shape index (κ3) is 2.02. The second-order valence-corrected chi connectivity index (χ2v) is 2.97. The maximum absolute atomic E-state index is 13.0. The van der Waals surface area contributed by atoms with Gasteiger partial charge >= 0.3 is 0 Å². The highest BCUT2D eigenvalue weighted by Gasteiger charge is 2.14. The standard InChI is InChI=1S/C8H9ClFNO2/c9-5-2-8(13)7(12)1-4(5)6(10)3-11/h1-2,6,12-13H,3,11H2. The predicted molar refractivity (Wildman–Crippen MR) is 47.7 cm³/mol. The van der Waals surface area contributed by atoms with E-state index in [0.29, 0.717) is 0 Å². The van der Waals surface area contributed by atoms with Crippen LogP contribution in [0.2, 0.25) is 5.02 Å². The van der Waals surface area contributed by atoms with Crippen LogP contribution in [-0.2, 0) is 0 Å². The Kier molecular flexibility index (Phi) is 2.95. The zero-order chi connectivity index (χ0) is 10.0. The van der Waals surface area contributed by atoms with Crippen LogP contribution in [0.4, 0.5) is 4.39 Å². The van der Waals surface area contributed by atoms with Gasteiger partial charge in [0.15, 0.2) is 11.5 Å². The van der Waals surface area contributed by atoms with E-state index in [1.165, 1.54) is 0 Å². The van der Waals surface area contributed by atoms with Crippen molar-refractivity contribution in [2.75, 3.05) is 6.54 Å². The van der Waals surface area contributed by atoms with Crippen molar-refractivity contribution in [1.29, 1.82) is 0 Å². The average molecular weight is 206 g/mol. The molecule has 1 unspecified atom stereocenters. The molecule has 0 aliphatic heterocycles. The van der Waals surface area contributed by atoms with Crippen LogP contribution in [0.1, 0.15) is 11.7 Å². The fourth-order valence-electron chi connectivity index (χ4n) is 0.934. The Morgan fingerprint density at radius 1 is 1.38 bits per heavy atom. The Balaban J connectivity index is 3.15. The number of phenols is 2. The first-order valence-electron chi connectivity index (χ1n) is 3.61. The Bertz CT molecular complexity index is 319. The molecule has 0 aromatic heterocycles. The summed E-state index contributed by atoms with van der Waals surface area (Å²) in [6, 6.07) is 2.14. The van der Waals surface area contributed by atoms with E-state index >= 15 is 0 Å². The number of rotatable bonds is 2. The molecule has 5 heteroatoms. The molecule has 0 spiro atoms. The summed E-state index contributed by atoms with van der Waals surface area (Å²) in [5.74, 6) is -0.784. The minimum absolute atomic E-state index is 0.0493. The second-order valence-electron chi connectivity index (χ2n) is 2.57. The zero-order valence-corrected chi connectivity index (χ0v) is 7.42. The van der Waals surface area contributed by atoms with E-state index < -0.39 is 11.9 Å². The largest absolute Gasteiger partial charge is 0.504 e. The van der Waals surface area contributed by atoms with Crippen molar-refractivity contribution in [3.05, 3.63) is 22.7 Å². The van der Waals surface area contributed by atoms with E-state index in [-0.39, 0.29) is 22.9 Å². The van der Waals surface area contributed by atoms with Gasteiger partial charge in [0.05, 0.1) is 5.02 Å². The molecule has 0 aliphatic carbocycles.